The zero-order valence-corrected chi connectivity index (χ0v) is 50.2. The molecule has 8 aliphatic heterocycles. The molecular formula is C62H92N8O15S. The van der Waals surface area contributed by atoms with Crippen molar-refractivity contribution in [2.45, 2.75) is 136 Å². The van der Waals surface area contributed by atoms with Gasteiger partial charge in [-0.25, -0.2) is 8.42 Å². The Hall–Kier alpha value is -5.27. The third-order valence-electron chi connectivity index (χ3n) is 15.0. The van der Waals surface area contributed by atoms with Gasteiger partial charge in [0.2, 0.25) is 0 Å². The smallest absolute Gasteiger partial charge is 0.166 e. The van der Waals surface area contributed by atoms with E-state index in [1.54, 1.807) is 12.1 Å². The summed E-state index contributed by atoms with van der Waals surface area (Å²) < 4.78 is 66.8. The molecule has 0 saturated carbocycles. The van der Waals surface area contributed by atoms with Gasteiger partial charge in [0.15, 0.2) is 6.04 Å². The summed E-state index contributed by atoms with van der Waals surface area (Å²) in [5, 5.41) is 62.2. The van der Waals surface area contributed by atoms with E-state index in [0.717, 1.165) is 18.8 Å². The number of aliphatic hydroxyl groups excluding tert-OH is 5. The van der Waals surface area contributed by atoms with E-state index < -0.39 is 22.3 Å². The van der Waals surface area contributed by atoms with Crippen LogP contribution in [0.15, 0.2) is 156 Å². The Morgan fingerprint density at radius 3 is 1.36 bits per heavy atom. The summed E-state index contributed by atoms with van der Waals surface area (Å²) in [5.41, 5.74) is 16.7. The van der Waals surface area contributed by atoms with Crippen molar-refractivity contribution in [3.05, 3.63) is 173 Å². The molecule has 8 aliphatic rings. The van der Waals surface area contributed by atoms with Crippen LogP contribution in [-0.2, 0) is 43.3 Å². The van der Waals surface area contributed by atoms with E-state index in [4.69, 9.17) is 60.7 Å². The number of aliphatic hydroxyl groups is 5. The van der Waals surface area contributed by atoms with Gasteiger partial charge in [0.1, 0.15) is 28.4 Å². The van der Waals surface area contributed by atoms with E-state index >= 15 is 0 Å². The van der Waals surface area contributed by atoms with Gasteiger partial charge in [0.05, 0.1) is 144 Å². The molecule has 0 amide bonds. The van der Waals surface area contributed by atoms with Crippen LogP contribution in [0, 0.1) is 6.92 Å². The summed E-state index contributed by atoms with van der Waals surface area (Å²) in [5.74, 6) is 4.82. The predicted molar refractivity (Wildman–Crippen MR) is 322 cm³/mol. The molecule has 8 fully saturated rings. The van der Waals surface area contributed by atoms with Crippen molar-refractivity contribution in [2.75, 3.05) is 72.7 Å². The summed E-state index contributed by atoms with van der Waals surface area (Å²) in [7, 11) is -4.27. The molecule has 24 heteroatoms. The number of fused-ring (bicyclic) bond motifs is 2. The fraction of sp³-hybridized carbons (Fsp3) is 0.516. The van der Waals surface area contributed by atoms with Gasteiger partial charge in [-0.3, -0.25) is 5.32 Å². The molecule has 0 bridgehead atoms. The number of nitrogens with zero attached hydrogens (tertiary/aromatic N) is 1. The fourth-order valence-electron chi connectivity index (χ4n) is 9.55. The van der Waals surface area contributed by atoms with E-state index in [0.29, 0.717) is 71.7 Å². The summed E-state index contributed by atoms with van der Waals surface area (Å²) >= 11 is 0. The van der Waals surface area contributed by atoms with Crippen LogP contribution >= 0.6 is 0 Å². The molecule has 5 unspecified atom stereocenters. The Morgan fingerprint density at radius 2 is 1.02 bits per heavy atom. The van der Waals surface area contributed by atoms with Crippen molar-refractivity contribution >= 4 is 10.1 Å². The first-order valence-electron chi connectivity index (χ1n) is 29.1. The lowest BCUT2D eigenvalue weighted by molar-refractivity contribution is -0.580. The zero-order chi connectivity index (χ0) is 62.0. The largest absolute Gasteiger partial charge is 0.744 e. The number of epoxide rings is 1. The number of hydrogen-bond donors (Lipinski definition) is 12. The molecule has 0 spiro atoms. The van der Waals surface area contributed by atoms with Crippen LogP contribution in [0.5, 0.6) is 0 Å². The van der Waals surface area contributed by atoms with Crippen molar-refractivity contribution in [1.82, 2.24) is 16.0 Å². The minimum Gasteiger partial charge on any atom is -0.744 e. The van der Waals surface area contributed by atoms with Gasteiger partial charge in [0.25, 0.3) is 0 Å². The Balaban J connectivity index is 0.000000184. The molecule has 5 aromatic rings. The van der Waals surface area contributed by atoms with Crippen molar-refractivity contribution in [3.63, 3.8) is 0 Å². The number of nitrogens with two attached hydrogens (primary N) is 3. The van der Waals surface area contributed by atoms with Gasteiger partial charge < -0.3 is 85.3 Å². The molecule has 13 rings (SSSR count). The van der Waals surface area contributed by atoms with Crippen LogP contribution in [0.4, 0.5) is 0 Å². The maximum absolute atomic E-state index is 10.4. The van der Waals surface area contributed by atoms with Crippen LogP contribution in [0.1, 0.15) is 74.2 Å². The highest BCUT2D eigenvalue weighted by molar-refractivity contribution is 7.85. The van der Waals surface area contributed by atoms with E-state index in [9.17, 15) is 28.3 Å². The van der Waals surface area contributed by atoms with Crippen LogP contribution in [0.3, 0.4) is 0 Å². The highest BCUT2D eigenvalue weighted by Crippen LogP contribution is 2.36. The number of rotatable bonds is 10. The lowest BCUT2D eigenvalue weighted by Crippen LogP contribution is -2.78. The number of nitrogens with one attached hydrogen (secondary N) is 4. The molecule has 476 valence electrons. The minimum absolute atomic E-state index is 0. The highest BCUT2D eigenvalue weighted by Gasteiger charge is 2.50. The first-order chi connectivity index (χ1) is 41.3. The third kappa shape index (κ3) is 23.4. The van der Waals surface area contributed by atoms with Crippen LogP contribution in [-0.4, -0.2) is 190 Å². The lowest BCUT2D eigenvalue weighted by Gasteiger charge is -2.41. The summed E-state index contributed by atoms with van der Waals surface area (Å²) in [6.07, 6.45) is -0.855. The maximum Gasteiger partial charge on any atom is 0.166 e. The normalized spacial score (nSPS) is 30.0. The minimum atomic E-state index is -4.27. The number of aryl methyl sites for hydroxylation is 1. The second-order valence-corrected chi connectivity index (χ2v) is 23.3. The first-order valence-corrected chi connectivity index (χ1v) is 30.5. The molecule has 15 N–H and O–H groups in total. The average Bonchev–Trinajstić information content (AvgIpc) is 1.93. The quantitative estimate of drug-likeness (QED) is 0.0307. The van der Waals surface area contributed by atoms with E-state index in [1.165, 1.54) is 34.4 Å². The molecule has 23 nitrogen and oxygen atoms in total. The van der Waals surface area contributed by atoms with E-state index in [-0.39, 0.29) is 85.1 Å². The Bertz CT molecular complexity index is 2700. The molecule has 86 heavy (non-hydrogen) atoms. The van der Waals surface area contributed by atoms with Crippen molar-refractivity contribution in [2.24, 2.45) is 22.5 Å². The number of hydrogen-bond acceptors (Lipinski definition) is 21. The summed E-state index contributed by atoms with van der Waals surface area (Å²) in [6.45, 7) is 14.0. The molecular weight excluding hydrogens is 1130 g/mol. The zero-order valence-electron chi connectivity index (χ0n) is 49.4. The van der Waals surface area contributed by atoms with Crippen LogP contribution in [0.25, 0.3) is 0 Å². The maximum atomic E-state index is 10.4. The standard InChI is InChI=1S/2C12H17NO2.C11H13NO2.C8H11N.C7H8O3S.C4H9N3O2.C4H9NO2.C4H6O2.H2/c2*1-9(10-5-3-2-4-6-10)13-11-7-15-8-12(11)14;13-8-6-14-11-9(12-10(8)11)7-4-2-1-3-5-7;1-7(9)8-5-3-2-4-6-8;1-6-2-4-7(5-3-6)11(8,9)10;5-7-6-3-1-9-2-4(3)8;5-3-1-7-2-4(3)6;1-3-4(6-3)2-5-1;/h2*2-6,9,11-14H,7-8H2,1H3;1-5,8-13H,6H2;2-7H,9H2,1H3;2-5H,1H3,(H,8,9,10);3-4,8H,1-2H2,(H2,5,6);3-4,6H,1-2,5H2;3-4H,1-2H2;1H/t9-,11?,12-;9-,11+,12+;8-,9+,10?,11?;7-;;2*3-,4-;;/m0000.00../s1. The highest BCUT2D eigenvalue weighted by atomic mass is 32.2. The summed E-state index contributed by atoms with van der Waals surface area (Å²) in [6, 6.07) is 47.4. The van der Waals surface area contributed by atoms with Gasteiger partial charge in [-0.1, -0.05) is 139 Å². The average molecular weight is 1220 g/mol. The van der Waals surface area contributed by atoms with E-state index in [1.807, 2.05) is 98.8 Å². The monoisotopic (exact) mass is 1220 g/mol. The molecule has 8 heterocycles. The lowest BCUT2D eigenvalue weighted by atomic mass is 9.86. The van der Waals surface area contributed by atoms with Gasteiger partial charge >= 0.3 is 0 Å². The number of ether oxygens (including phenoxy) is 7. The molecule has 0 aliphatic carbocycles. The van der Waals surface area contributed by atoms with Gasteiger partial charge in [-0.05, 0) is 62.1 Å². The molecule has 8 saturated heterocycles. The van der Waals surface area contributed by atoms with Gasteiger partial charge in [-0.2, -0.15) is 11.0 Å². The predicted octanol–water partition coefficient (Wildman–Crippen LogP) is 1.15. The Morgan fingerprint density at radius 1 is 0.581 bits per heavy atom. The second kappa shape index (κ2) is 36.3. The first kappa shape index (κ1) is 69.8. The summed E-state index contributed by atoms with van der Waals surface area (Å²) in [4.78, 5) is -0.178. The van der Waals surface area contributed by atoms with Crippen LogP contribution < -0.4 is 38.4 Å². The van der Waals surface area contributed by atoms with Crippen molar-refractivity contribution in [3.8, 4) is 0 Å². The third-order valence-corrected chi connectivity index (χ3v) is 15.8. The molecule has 0 radical (unpaired) electrons. The number of benzene rings is 5. The van der Waals surface area contributed by atoms with Gasteiger partial charge in [-0.15, -0.1) is 0 Å². The SMILES string of the molecule is C1OCC2OC12.C[C@H](N)c1ccccc1.C[C@H](NC1COC[C@@H]1O)c1ccccc1.C[C@H](N[C@@H]1COC[C@H]1O)c1ccccc1.Cc1ccc(S(=O)(=O)[O-])cc1.NN=[NH+][C@H]1COC[C@@H]1O.N[C@H]1COC[C@@H]1O.O[C@H]1COC2C1N[C@@H]2c1ccccc1.[HH]. The Labute approximate surface area is 506 Å². The van der Waals surface area contributed by atoms with Gasteiger partial charge in [0, 0.05) is 19.6 Å². The van der Waals surface area contributed by atoms with Crippen molar-refractivity contribution < 1.29 is 78.2 Å². The molecule has 5 aromatic carbocycles. The van der Waals surface area contributed by atoms with E-state index in [2.05, 4.69) is 76.5 Å². The van der Waals surface area contributed by atoms with Crippen molar-refractivity contribution in [1.29, 1.82) is 0 Å². The topological polar surface area (TPSA) is 367 Å². The molecule has 0 aromatic heterocycles. The Kier molecular flexibility index (Phi) is 29.4. The van der Waals surface area contributed by atoms with Crippen LogP contribution in [0.2, 0.25) is 0 Å². The second-order valence-electron chi connectivity index (χ2n) is 21.9. The molecule has 17 atom stereocenters. The fourth-order valence-corrected chi connectivity index (χ4v) is 10.0.